The molecule has 0 saturated carbocycles. The normalized spacial score (nSPS) is 13.8. The number of benzene rings is 1. The van der Waals surface area contributed by atoms with E-state index >= 15 is 0 Å². The van der Waals surface area contributed by atoms with E-state index in [1.807, 2.05) is 7.05 Å². The highest BCUT2D eigenvalue weighted by atomic mass is 19.1. The van der Waals surface area contributed by atoms with Gasteiger partial charge in [-0.15, -0.1) is 0 Å². The lowest BCUT2D eigenvalue weighted by atomic mass is 10.1. The lowest BCUT2D eigenvalue weighted by Gasteiger charge is -2.26. The van der Waals surface area contributed by atoms with Crippen LogP contribution in [0.2, 0.25) is 0 Å². The number of rotatable bonds is 3. The van der Waals surface area contributed by atoms with Gasteiger partial charge in [0.2, 0.25) is 0 Å². The van der Waals surface area contributed by atoms with E-state index in [1.54, 1.807) is 17.9 Å². The summed E-state index contributed by atoms with van der Waals surface area (Å²) in [5.74, 6) is -0.299. The van der Waals surface area contributed by atoms with Crippen LogP contribution >= 0.6 is 0 Å². The van der Waals surface area contributed by atoms with Crippen LogP contribution in [-0.4, -0.2) is 36.7 Å². The Hall–Kier alpha value is -3.03. The molecule has 0 bridgehead atoms. The van der Waals surface area contributed by atoms with Crippen LogP contribution in [-0.2, 0) is 20.0 Å². The minimum absolute atomic E-state index is 0.107. The van der Waals surface area contributed by atoms with Crippen molar-refractivity contribution in [1.29, 1.82) is 0 Å². The zero-order valence-electron chi connectivity index (χ0n) is 16.9. The Morgan fingerprint density at radius 2 is 1.97 bits per heavy atom. The largest absolute Gasteiger partial charge is 0.334 e. The topological polar surface area (TPSA) is 56.0 Å². The number of aryl methyl sites for hydroxylation is 1. The van der Waals surface area contributed by atoms with Crippen LogP contribution in [0.15, 0.2) is 24.3 Å². The van der Waals surface area contributed by atoms with Crippen LogP contribution in [0.25, 0.3) is 5.69 Å². The fourth-order valence-electron chi connectivity index (χ4n) is 3.88. The van der Waals surface area contributed by atoms with E-state index in [2.05, 4.69) is 23.5 Å². The van der Waals surface area contributed by atoms with Gasteiger partial charge in [-0.2, -0.15) is 5.10 Å². The molecular weight excluding hydrogens is 376 g/mol. The van der Waals surface area contributed by atoms with E-state index in [-0.39, 0.29) is 17.3 Å². The second-order valence-electron chi connectivity index (χ2n) is 7.73. The van der Waals surface area contributed by atoms with Crippen molar-refractivity contribution in [2.24, 2.45) is 7.05 Å². The van der Waals surface area contributed by atoms with Gasteiger partial charge in [-0.05, 0) is 25.1 Å². The number of amides is 1. The minimum Gasteiger partial charge on any atom is -0.334 e. The molecule has 152 valence electrons. The number of hydrogen-bond acceptors (Lipinski definition) is 3. The average Bonchev–Trinajstić information content (AvgIpc) is 3.21. The summed E-state index contributed by atoms with van der Waals surface area (Å²) in [6, 6.07) is 4.91. The van der Waals surface area contributed by atoms with Gasteiger partial charge in [0.1, 0.15) is 17.3 Å². The van der Waals surface area contributed by atoms with Crippen molar-refractivity contribution < 1.29 is 13.6 Å². The van der Waals surface area contributed by atoms with Crippen molar-refractivity contribution in [3.8, 4) is 5.69 Å². The van der Waals surface area contributed by atoms with Crippen molar-refractivity contribution in [2.75, 3.05) is 6.54 Å². The summed E-state index contributed by atoms with van der Waals surface area (Å²) in [5.41, 5.74) is 3.01. The highest BCUT2D eigenvalue weighted by Crippen LogP contribution is 2.25. The maximum atomic E-state index is 14.1. The molecule has 3 heterocycles. The maximum absolute atomic E-state index is 14.1. The van der Waals surface area contributed by atoms with E-state index in [1.165, 1.54) is 16.8 Å². The summed E-state index contributed by atoms with van der Waals surface area (Å²) in [7, 11) is 2.01. The van der Waals surface area contributed by atoms with E-state index < -0.39 is 11.6 Å². The molecule has 0 atom stereocenters. The summed E-state index contributed by atoms with van der Waals surface area (Å²) < 4.78 is 30.8. The number of aromatic nitrogens is 4. The molecule has 3 aromatic rings. The van der Waals surface area contributed by atoms with Gasteiger partial charge in [0.05, 0.1) is 12.2 Å². The van der Waals surface area contributed by atoms with Crippen molar-refractivity contribution in [3.63, 3.8) is 0 Å². The first-order chi connectivity index (χ1) is 13.8. The first kappa shape index (κ1) is 19.3. The fourth-order valence-corrected chi connectivity index (χ4v) is 3.88. The molecule has 0 radical (unpaired) electrons. The Bertz CT molecular complexity index is 1100. The lowest BCUT2D eigenvalue weighted by Crippen LogP contribution is -2.36. The number of nitrogens with zero attached hydrogens (tertiary/aromatic N) is 5. The molecule has 29 heavy (non-hydrogen) atoms. The van der Waals surface area contributed by atoms with E-state index in [9.17, 15) is 13.6 Å². The Labute approximate surface area is 167 Å². The average molecular weight is 399 g/mol. The molecule has 1 amide bonds. The molecular formula is C21H23F2N5O. The predicted molar refractivity (Wildman–Crippen MR) is 104 cm³/mol. The van der Waals surface area contributed by atoms with Crippen LogP contribution < -0.4 is 0 Å². The number of carbonyl (C=O) groups excluding carboxylic acids is 1. The molecule has 0 unspecified atom stereocenters. The molecule has 0 saturated heterocycles. The molecule has 2 aromatic heterocycles. The van der Waals surface area contributed by atoms with Crippen molar-refractivity contribution in [1.82, 2.24) is 24.2 Å². The standard InChI is InChI=1S/C21H23F2N5O/c1-12(2)20-24-17-11-27(8-7-19(17)26(20)4)21(29)16-9-13(3)28(25-16)18-6-5-14(22)10-15(18)23/h5-6,9-10,12H,7-8,11H2,1-4H3. The third kappa shape index (κ3) is 3.32. The molecule has 1 aromatic carbocycles. The molecule has 1 aliphatic rings. The summed E-state index contributed by atoms with van der Waals surface area (Å²) in [5, 5.41) is 4.29. The number of halogens is 2. The number of hydrogen-bond donors (Lipinski definition) is 0. The molecule has 8 heteroatoms. The predicted octanol–water partition coefficient (Wildman–Crippen LogP) is 3.51. The van der Waals surface area contributed by atoms with Gasteiger partial charge in [0.25, 0.3) is 5.91 Å². The lowest BCUT2D eigenvalue weighted by molar-refractivity contribution is 0.0724. The second kappa shape index (κ2) is 7.09. The van der Waals surface area contributed by atoms with Crippen LogP contribution in [0.3, 0.4) is 0 Å². The molecule has 4 rings (SSSR count). The first-order valence-corrected chi connectivity index (χ1v) is 9.62. The summed E-state index contributed by atoms with van der Waals surface area (Å²) in [6.45, 7) is 6.92. The molecule has 0 aliphatic carbocycles. The van der Waals surface area contributed by atoms with Crippen LogP contribution in [0.1, 0.15) is 53.2 Å². The van der Waals surface area contributed by atoms with Crippen molar-refractivity contribution in [2.45, 2.75) is 39.7 Å². The third-order valence-electron chi connectivity index (χ3n) is 5.34. The van der Waals surface area contributed by atoms with Crippen molar-refractivity contribution in [3.05, 3.63) is 64.5 Å². The Morgan fingerprint density at radius 1 is 1.21 bits per heavy atom. The molecule has 0 spiro atoms. The summed E-state index contributed by atoms with van der Waals surface area (Å²) in [4.78, 5) is 19.5. The van der Waals surface area contributed by atoms with Crippen LogP contribution in [0, 0.1) is 18.6 Å². The summed E-state index contributed by atoms with van der Waals surface area (Å²) >= 11 is 0. The van der Waals surface area contributed by atoms with Gasteiger partial charge in [0, 0.05) is 43.4 Å². The maximum Gasteiger partial charge on any atom is 0.274 e. The molecule has 1 aliphatic heterocycles. The SMILES string of the molecule is Cc1cc(C(=O)N2CCc3c(nc(C(C)C)n3C)C2)nn1-c1ccc(F)cc1F. The van der Waals surface area contributed by atoms with E-state index in [0.29, 0.717) is 24.7 Å². The van der Waals surface area contributed by atoms with Gasteiger partial charge in [0.15, 0.2) is 11.5 Å². The quantitative estimate of drug-likeness (QED) is 0.677. The highest BCUT2D eigenvalue weighted by molar-refractivity contribution is 5.92. The molecule has 0 fully saturated rings. The van der Waals surface area contributed by atoms with Crippen LogP contribution in [0.5, 0.6) is 0 Å². The highest BCUT2D eigenvalue weighted by Gasteiger charge is 2.28. The minimum atomic E-state index is -0.729. The monoisotopic (exact) mass is 399 g/mol. The van der Waals surface area contributed by atoms with E-state index in [0.717, 1.165) is 29.7 Å². The Balaban J connectivity index is 1.60. The smallest absolute Gasteiger partial charge is 0.274 e. The molecule has 0 N–H and O–H groups in total. The number of imidazole rings is 1. The van der Waals surface area contributed by atoms with Gasteiger partial charge in [-0.25, -0.2) is 18.4 Å². The van der Waals surface area contributed by atoms with Gasteiger partial charge in [-0.3, -0.25) is 4.79 Å². The van der Waals surface area contributed by atoms with E-state index in [4.69, 9.17) is 4.98 Å². The van der Waals surface area contributed by atoms with Crippen molar-refractivity contribution >= 4 is 5.91 Å². The summed E-state index contributed by atoms with van der Waals surface area (Å²) in [6.07, 6.45) is 0.726. The van der Waals surface area contributed by atoms with Gasteiger partial charge >= 0.3 is 0 Å². The third-order valence-corrected chi connectivity index (χ3v) is 5.34. The zero-order chi connectivity index (χ0) is 20.9. The fraction of sp³-hybridized carbons (Fsp3) is 0.381. The van der Waals surface area contributed by atoms with Gasteiger partial charge < -0.3 is 9.47 Å². The zero-order valence-corrected chi connectivity index (χ0v) is 16.9. The Kier molecular flexibility index (Phi) is 4.72. The van der Waals surface area contributed by atoms with Crippen LogP contribution in [0.4, 0.5) is 8.78 Å². The number of fused-ring (bicyclic) bond motifs is 1. The molecule has 6 nitrogen and oxygen atoms in total. The second-order valence-corrected chi connectivity index (χ2v) is 7.73. The Morgan fingerprint density at radius 3 is 2.66 bits per heavy atom. The van der Waals surface area contributed by atoms with Gasteiger partial charge in [-0.1, -0.05) is 13.8 Å². The first-order valence-electron chi connectivity index (χ1n) is 9.62. The number of carbonyl (C=O) groups is 1.